The number of thiophene rings is 1. The lowest BCUT2D eigenvalue weighted by molar-refractivity contribution is 0.285. The fraction of sp³-hybridized carbons (Fsp3) is 0.667. The number of rotatable bonds is 6. The van der Waals surface area contributed by atoms with Gasteiger partial charge in [0.25, 0.3) is 0 Å². The summed E-state index contributed by atoms with van der Waals surface area (Å²) < 4.78 is 26.8. The van der Waals surface area contributed by atoms with Crippen LogP contribution in [-0.2, 0) is 16.6 Å². The number of sulfonamides is 1. The molecule has 1 atom stereocenters. The standard InChI is InChI=1S/C12H20N2O3S2/c1-2-14-4-3-10(7-14)6-13-19(16,17)12-5-11(8-15)18-9-12/h5,9-10,13,15H,2-4,6-8H2,1H3. The van der Waals surface area contributed by atoms with Gasteiger partial charge < -0.3 is 10.0 Å². The van der Waals surface area contributed by atoms with E-state index in [-0.39, 0.29) is 11.5 Å². The minimum absolute atomic E-state index is 0.117. The van der Waals surface area contributed by atoms with Crippen LogP contribution in [0.1, 0.15) is 18.2 Å². The molecular weight excluding hydrogens is 284 g/mol. The van der Waals surface area contributed by atoms with Crippen molar-refractivity contribution in [2.75, 3.05) is 26.2 Å². The van der Waals surface area contributed by atoms with Crippen LogP contribution < -0.4 is 4.72 Å². The molecule has 1 aliphatic heterocycles. The highest BCUT2D eigenvalue weighted by atomic mass is 32.2. The molecule has 0 spiro atoms. The molecule has 1 saturated heterocycles. The van der Waals surface area contributed by atoms with Gasteiger partial charge in [-0.3, -0.25) is 0 Å². The number of nitrogens with one attached hydrogen (secondary N) is 1. The van der Waals surface area contributed by atoms with Crippen LogP contribution >= 0.6 is 11.3 Å². The average molecular weight is 304 g/mol. The van der Waals surface area contributed by atoms with Crippen molar-refractivity contribution in [3.8, 4) is 0 Å². The first kappa shape index (κ1) is 14.9. The molecule has 0 aromatic carbocycles. The Morgan fingerprint density at radius 2 is 2.37 bits per heavy atom. The van der Waals surface area contributed by atoms with Crippen molar-refractivity contribution in [2.45, 2.75) is 24.8 Å². The van der Waals surface area contributed by atoms with Crippen molar-refractivity contribution in [2.24, 2.45) is 5.92 Å². The van der Waals surface area contributed by atoms with Crippen molar-refractivity contribution in [1.82, 2.24) is 9.62 Å². The maximum atomic E-state index is 12.1. The number of nitrogens with zero attached hydrogens (tertiary/aromatic N) is 1. The molecule has 0 saturated carbocycles. The molecule has 2 rings (SSSR count). The van der Waals surface area contributed by atoms with Gasteiger partial charge in [-0.1, -0.05) is 6.92 Å². The van der Waals surface area contributed by atoms with Gasteiger partial charge in [-0.2, -0.15) is 0 Å². The highest BCUT2D eigenvalue weighted by molar-refractivity contribution is 7.89. The molecule has 108 valence electrons. The molecule has 2 heterocycles. The summed E-state index contributed by atoms with van der Waals surface area (Å²) in [5.41, 5.74) is 0. The Balaban J connectivity index is 1.91. The molecule has 0 amide bonds. The van der Waals surface area contributed by atoms with Crippen LogP contribution in [0.5, 0.6) is 0 Å². The Labute approximate surface area is 118 Å². The second-order valence-electron chi connectivity index (χ2n) is 4.81. The Morgan fingerprint density at radius 3 is 2.95 bits per heavy atom. The van der Waals surface area contributed by atoms with Gasteiger partial charge in [-0.05, 0) is 31.5 Å². The van der Waals surface area contributed by atoms with E-state index in [0.29, 0.717) is 17.3 Å². The number of aliphatic hydroxyl groups is 1. The molecule has 1 aromatic heterocycles. The lowest BCUT2D eigenvalue weighted by Gasteiger charge is -2.13. The third kappa shape index (κ3) is 3.76. The van der Waals surface area contributed by atoms with Crippen molar-refractivity contribution in [1.29, 1.82) is 0 Å². The number of hydrogen-bond acceptors (Lipinski definition) is 5. The van der Waals surface area contributed by atoms with Crippen LogP contribution in [0.15, 0.2) is 16.3 Å². The summed E-state index contributed by atoms with van der Waals surface area (Å²) in [7, 11) is -3.43. The molecule has 19 heavy (non-hydrogen) atoms. The molecule has 1 aliphatic rings. The van der Waals surface area contributed by atoms with Gasteiger partial charge in [0.2, 0.25) is 10.0 Å². The zero-order valence-electron chi connectivity index (χ0n) is 11.0. The summed E-state index contributed by atoms with van der Waals surface area (Å²) in [6.07, 6.45) is 1.04. The summed E-state index contributed by atoms with van der Waals surface area (Å²) in [6.45, 7) is 5.53. The predicted molar refractivity (Wildman–Crippen MR) is 75.7 cm³/mol. The zero-order valence-corrected chi connectivity index (χ0v) is 12.6. The molecular formula is C12H20N2O3S2. The van der Waals surface area contributed by atoms with E-state index in [0.717, 1.165) is 26.1 Å². The second-order valence-corrected chi connectivity index (χ2v) is 7.57. The van der Waals surface area contributed by atoms with E-state index in [1.807, 2.05) is 0 Å². The van der Waals surface area contributed by atoms with Crippen LogP contribution in [0, 0.1) is 5.92 Å². The van der Waals surface area contributed by atoms with E-state index in [9.17, 15) is 8.42 Å². The fourth-order valence-corrected chi connectivity index (χ4v) is 4.51. The summed E-state index contributed by atoms with van der Waals surface area (Å²) in [5.74, 6) is 0.394. The molecule has 1 fully saturated rings. The normalized spacial score (nSPS) is 21.1. The largest absolute Gasteiger partial charge is 0.391 e. The van der Waals surface area contributed by atoms with Crippen LogP contribution in [-0.4, -0.2) is 44.6 Å². The monoisotopic (exact) mass is 304 g/mol. The average Bonchev–Trinajstić information content (AvgIpc) is 3.05. The van der Waals surface area contributed by atoms with E-state index in [1.54, 1.807) is 5.38 Å². The number of hydrogen-bond donors (Lipinski definition) is 2. The van der Waals surface area contributed by atoms with Crippen LogP contribution in [0.2, 0.25) is 0 Å². The van der Waals surface area contributed by atoms with E-state index in [1.165, 1.54) is 17.4 Å². The second kappa shape index (κ2) is 6.32. The van der Waals surface area contributed by atoms with Gasteiger partial charge >= 0.3 is 0 Å². The molecule has 1 unspecified atom stereocenters. The topological polar surface area (TPSA) is 69.6 Å². The Hall–Kier alpha value is -0.470. The van der Waals surface area contributed by atoms with Gasteiger partial charge in [-0.15, -0.1) is 11.3 Å². The van der Waals surface area contributed by atoms with E-state index in [4.69, 9.17) is 5.11 Å². The SMILES string of the molecule is CCN1CCC(CNS(=O)(=O)c2csc(CO)c2)C1. The van der Waals surface area contributed by atoms with Gasteiger partial charge in [0.15, 0.2) is 0 Å². The predicted octanol–water partition coefficient (Wildman–Crippen LogP) is 0.860. The summed E-state index contributed by atoms with van der Waals surface area (Å²) in [6, 6.07) is 1.53. The Bertz CT molecular complexity index is 513. The molecule has 0 aliphatic carbocycles. The lowest BCUT2D eigenvalue weighted by Crippen LogP contribution is -2.30. The molecule has 1 aromatic rings. The first-order valence-corrected chi connectivity index (χ1v) is 8.81. The quantitative estimate of drug-likeness (QED) is 0.818. The van der Waals surface area contributed by atoms with Crippen LogP contribution in [0.3, 0.4) is 0 Å². The fourth-order valence-electron chi connectivity index (χ4n) is 2.26. The molecule has 7 heteroatoms. The van der Waals surface area contributed by atoms with Crippen LogP contribution in [0.4, 0.5) is 0 Å². The van der Waals surface area contributed by atoms with Gasteiger partial charge in [0.05, 0.1) is 11.5 Å². The maximum absolute atomic E-state index is 12.1. The molecule has 5 nitrogen and oxygen atoms in total. The highest BCUT2D eigenvalue weighted by Gasteiger charge is 2.23. The van der Waals surface area contributed by atoms with E-state index >= 15 is 0 Å². The minimum atomic E-state index is -3.43. The Morgan fingerprint density at radius 1 is 1.58 bits per heavy atom. The van der Waals surface area contributed by atoms with Gasteiger partial charge in [-0.25, -0.2) is 13.1 Å². The summed E-state index contributed by atoms with van der Waals surface area (Å²) in [5, 5.41) is 10.5. The van der Waals surface area contributed by atoms with Crippen molar-refractivity contribution >= 4 is 21.4 Å². The van der Waals surface area contributed by atoms with Gasteiger partial charge in [0, 0.05) is 23.3 Å². The summed E-state index contributed by atoms with van der Waals surface area (Å²) in [4.78, 5) is 3.25. The minimum Gasteiger partial charge on any atom is -0.391 e. The van der Waals surface area contributed by atoms with Crippen molar-refractivity contribution in [3.63, 3.8) is 0 Å². The number of aliphatic hydroxyl groups excluding tert-OH is 1. The van der Waals surface area contributed by atoms with Gasteiger partial charge in [0.1, 0.15) is 0 Å². The third-order valence-corrected chi connectivity index (χ3v) is 5.95. The first-order valence-electron chi connectivity index (χ1n) is 6.45. The van der Waals surface area contributed by atoms with Crippen molar-refractivity contribution in [3.05, 3.63) is 16.3 Å². The molecule has 0 radical (unpaired) electrons. The summed E-state index contributed by atoms with van der Waals surface area (Å²) >= 11 is 1.26. The first-order chi connectivity index (χ1) is 9.05. The van der Waals surface area contributed by atoms with E-state index in [2.05, 4.69) is 16.5 Å². The highest BCUT2D eigenvalue weighted by Crippen LogP contribution is 2.20. The molecule has 0 bridgehead atoms. The lowest BCUT2D eigenvalue weighted by atomic mass is 10.1. The Kier molecular flexibility index (Phi) is 4.97. The van der Waals surface area contributed by atoms with Crippen molar-refractivity contribution < 1.29 is 13.5 Å². The maximum Gasteiger partial charge on any atom is 0.241 e. The smallest absolute Gasteiger partial charge is 0.241 e. The zero-order chi connectivity index (χ0) is 13.9. The van der Waals surface area contributed by atoms with E-state index < -0.39 is 10.0 Å². The van der Waals surface area contributed by atoms with Crippen LogP contribution in [0.25, 0.3) is 0 Å². The third-order valence-electron chi connectivity index (χ3n) is 3.48. The molecule has 2 N–H and O–H groups in total. The number of likely N-dealkylation sites (tertiary alicyclic amines) is 1.